The molecule has 0 aliphatic carbocycles. The highest BCUT2D eigenvalue weighted by Gasteiger charge is 2.01. The van der Waals surface area contributed by atoms with Gasteiger partial charge in [0.15, 0.2) is 0 Å². The van der Waals surface area contributed by atoms with E-state index >= 15 is 0 Å². The summed E-state index contributed by atoms with van der Waals surface area (Å²) in [6, 6.07) is 9.08. The van der Waals surface area contributed by atoms with Crippen LogP contribution in [0.4, 0.5) is 11.4 Å². The molecule has 7 heteroatoms. The predicted molar refractivity (Wildman–Crippen MR) is 72.4 cm³/mol. The van der Waals surface area contributed by atoms with Crippen molar-refractivity contribution < 1.29 is 14.0 Å². The van der Waals surface area contributed by atoms with Gasteiger partial charge in [0.25, 0.3) is 11.3 Å². The summed E-state index contributed by atoms with van der Waals surface area (Å²) in [5, 5.41) is 9.77. The van der Waals surface area contributed by atoms with Crippen molar-refractivity contribution in [1.82, 2.24) is 4.73 Å². The molecular weight excluding hydrogens is 266 g/mol. The van der Waals surface area contributed by atoms with E-state index < -0.39 is 11.3 Å². The van der Waals surface area contributed by atoms with E-state index in [1.54, 1.807) is 0 Å². The van der Waals surface area contributed by atoms with Gasteiger partial charge in [-0.15, -0.1) is 0 Å². The van der Waals surface area contributed by atoms with Crippen molar-refractivity contribution in [3.05, 3.63) is 53.6 Å². The molecule has 1 unspecified atom stereocenters. The first-order chi connectivity index (χ1) is 9.04. The molecule has 0 radical (unpaired) electrons. The van der Waals surface area contributed by atoms with Crippen LogP contribution in [0.15, 0.2) is 47.7 Å². The number of nitrogens with one attached hydrogen (secondary N) is 1. The second kappa shape index (κ2) is 5.68. The molecule has 0 aliphatic rings. The largest absolute Gasteiger partial charge is 0.429 e. The fourth-order valence-corrected chi connectivity index (χ4v) is 1.93. The number of aromatic nitrogens is 1. The lowest BCUT2D eigenvalue weighted by atomic mass is 10.2. The van der Waals surface area contributed by atoms with Crippen molar-refractivity contribution in [2.45, 2.75) is 6.92 Å². The first-order valence-electron chi connectivity index (χ1n) is 5.45. The lowest BCUT2D eigenvalue weighted by Crippen LogP contribution is -2.15. The molecule has 3 N–H and O–H groups in total. The molecule has 2 rings (SSSR count). The molecule has 1 aromatic carbocycles. The van der Waals surface area contributed by atoms with Gasteiger partial charge < -0.3 is 5.21 Å². The van der Waals surface area contributed by atoms with Gasteiger partial charge in [0, 0.05) is 6.20 Å². The zero-order chi connectivity index (χ0) is 13.8. The van der Waals surface area contributed by atoms with Crippen LogP contribution in [0, 0.1) is 6.92 Å². The molecule has 1 atom stereocenters. The quantitative estimate of drug-likeness (QED) is 0.591. The SMILES string of the molecule is Cc1cccc(N=c2ccn(O)cc2NS(=O)O)c1. The Morgan fingerprint density at radius 1 is 1.37 bits per heavy atom. The number of benzene rings is 1. The van der Waals surface area contributed by atoms with Crippen LogP contribution in [-0.2, 0) is 11.3 Å². The molecular formula is C12H13N3O3S. The van der Waals surface area contributed by atoms with Crippen LogP contribution in [0.1, 0.15) is 5.56 Å². The van der Waals surface area contributed by atoms with Gasteiger partial charge in [0.2, 0.25) is 0 Å². The van der Waals surface area contributed by atoms with Crippen molar-refractivity contribution in [2.24, 2.45) is 4.99 Å². The molecule has 0 saturated carbocycles. The van der Waals surface area contributed by atoms with Crippen molar-refractivity contribution in [1.29, 1.82) is 0 Å². The van der Waals surface area contributed by atoms with Gasteiger partial charge in [0.05, 0.1) is 22.9 Å². The maximum atomic E-state index is 10.8. The van der Waals surface area contributed by atoms with E-state index in [0.29, 0.717) is 5.36 Å². The maximum absolute atomic E-state index is 10.8. The summed E-state index contributed by atoms with van der Waals surface area (Å²) in [6.07, 6.45) is 2.66. The molecule has 0 bridgehead atoms. The number of hydrogen-bond donors (Lipinski definition) is 3. The van der Waals surface area contributed by atoms with Crippen LogP contribution in [0.2, 0.25) is 0 Å². The number of hydrogen-bond acceptors (Lipinski definition) is 3. The summed E-state index contributed by atoms with van der Waals surface area (Å²) < 4.78 is 22.8. The number of nitrogens with zero attached hydrogens (tertiary/aromatic N) is 2. The Morgan fingerprint density at radius 3 is 2.84 bits per heavy atom. The molecule has 0 aliphatic heterocycles. The van der Waals surface area contributed by atoms with Crippen molar-refractivity contribution >= 4 is 22.6 Å². The fourth-order valence-electron chi connectivity index (χ4n) is 1.58. The Kier molecular flexibility index (Phi) is 3.98. The monoisotopic (exact) mass is 279 g/mol. The number of aryl methyl sites for hydroxylation is 1. The average Bonchev–Trinajstić information content (AvgIpc) is 2.32. The van der Waals surface area contributed by atoms with E-state index in [1.165, 1.54) is 18.5 Å². The van der Waals surface area contributed by atoms with Crippen LogP contribution in [0.5, 0.6) is 0 Å². The first kappa shape index (κ1) is 13.3. The highest BCUT2D eigenvalue weighted by molar-refractivity contribution is 7.80. The lowest BCUT2D eigenvalue weighted by molar-refractivity contribution is 0.184. The zero-order valence-electron chi connectivity index (χ0n) is 10.1. The predicted octanol–water partition coefficient (Wildman–Crippen LogP) is 1.81. The topological polar surface area (TPSA) is 86.9 Å². The molecule has 0 spiro atoms. The number of rotatable bonds is 3. The lowest BCUT2D eigenvalue weighted by Gasteiger charge is -2.04. The summed E-state index contributed by atoms with van der Waals surface area (Å²) in [6.45, 7) is 1.95. The van der Waals surface area contributed by atoms with E-state index in [2.05, 4.69) is 9.71 Å². The van der Waals surface area contributed by atoms with E-state index in [4.69, 9.17) is 4.55 Å². The van der Waals surface area contributed by atoms with Gasteiger partial charge in [-0.05, 0) is 30.7 Å². The third kappa shape index (κ3) is 3.67. The van der Waals surface area contributed by atoms with Gasteiger partial charge in [-0.25, -0.2) is 9.20 Å². The summed E-state index contributed by atoms with van der Waals surface area (Å²) in [5.74, 6) is 0. The minimum absolute atomic E-state index is 0.257. The van der Waals surface area contributed by atoms with Gasteiger partial charge in [0.1, 0.15) is 0 Å². The molecule has 2 aromatic rings. The normalized spacial score (nSPS) is 13.3. The van der Waals surface area contributed by atoms with Crippen LogP contribution < -0.4 is 10.1 Å². The summed E-state index contributed by atoms with van der Waals surface area (Å²) in [5.41, 5.74) is 2.05. The molecule has 19 heavy (non-hydrogen) atoms. The standard InChI is InChI=1S/C12H13N3O3S/c1-9-3-2-4-10(7-9)13-11-5-6-15(16)8-12(11)14-19(17)18/h2-8,14,16H,1H3,(H,17,18). The smallest absolute Gasteiger partial charge is 0.259 e. The van der Waals surface area contributed by atoms with Crippen molar-refractivity contribution in [2.75, 3.05) is 4.72 Å². The van der Waals surface area contributed by atoms with Gasteiger partial charge in [-0.2, -0.15) is 4.73 Å². The number of pyridine rings is 1. The van der Waals surface area contributed by atoms with Crippen LogP contribution in [-0.4, -0.2) is 18.7 Å². The van der Waals surface area contributed by atoms with E-state index in [0.717, 1.165) is 16.0 Å². The second-order valence-corrected chi connectivity index (χ2v) is 4.63. The molecule has 1 aromatic heterocycles. The average molecular weight is 279 g/mol. The first-order valence-corrected chi connectivity index (χ1v) is 6.56. The van der Waals surface area contributed by atoms with Crippen LogP contribution >= 0.6 is 0 Å². The minimum Gasteiger partial charge on any atom is -0.429 e. The Morgan fingerprint density at radius 2 is 2.16 bits per heavy atom. The molecule has 6 nitrogen and oxygen atoms in total. The van der Waals surface area contributed by atoms with Crippen LogP contribution in [0.3, 0.4) is 0 Å². The summed E-state index contributed by atoms with van der Waals surface area (Å²) >= 11 is -2.23. The second-order valence-electron chi connectivity index (χ2n) is 3.93. The molecule has 1 heterocycles. The Hall–Kier alpha value is -2.12. The minimum atomic E-state index is -2.23. The van der Waals surface area contributed by atoms with Crippen LogP contribution in [0.25, 0.3) is 0 Å². The molecule has 0 saturated heterocycles. The number of anilines is 1. The molecule has 0 fully saturated rings. The molecule has 0 amide bonds. The molecule has 100 valence electrons. The highest BCUT2D eigenvalue weighted by atomic mass is 32.2. The summed E-state index contributed by atoms with van der Waals surface area (Å²) in [7, 11) is 0. The third-order valence-corrected chi connectivity index (χ3v) is 2.77. The van der Waals surface area contributed by atoms with Gasteiger partial charge in [-0.3, -0.25) is 9.27 Å². The van der Waals surface area contributed by atoms with E-state index in [-0.39, 0.29) is 5.69 Å². The van der Waals surface area contributed by atoms with E-state index in [9.17, 15) is 9.42 Å². The van der Waals surface area contributed by atoms with Crippen molar-refractivity contribution in [3.8, 4) is 0 Å². The highest BCUT2D eigenvalue weighted by Crippen LogP contribution is 2.13. The van der Waals surface area contributed by atoms with Gasteiger partial charge >= 0.3 is 0 Å². The Balaban J connectivity index is 2.52. The van der Waals surface area contributed by atoms with Gasteiger partial charge in [-0.1, -0.05) is 12.1 Å². The Labute approximate surface area is 112 Å². The summed E-state index contributed by atoms with van der Waals surface area (Å²) in [4.78, 5) is 4.36. The van der Waals surface area contributed by atoms with E-state index in [1.807, 2.05) is 31.2 Å². The fraction of sp³-hybridized carbons (Fsp3) is 0.0833. The maximum Gasteiger partial charge on any atom is 0.259 e. The van der Waals surface area contributed by atoms with Crippen molar-refractivity contribution in [3.63, 3.8) is 0 Å². The third-order valence-electron chi connectivity index (χ3n) is 2.37. The Bertz CT molecular complexity index is 682. The zero-order valence-corrected chi connectivity index (χ0v) is 11.0.